The third-order valence-electron chi connectivity index (χ3n) is 22.6. The number of allylic oxidation sites excluding steroid dienone is 3. The minimum absolute atomic E-state index is 0.550. The van der Waals surface area contributed by atoms with Gasteiger partial charge in [0, 0.05) is 0 Å². The van der Waals surface area contributed by atoms with Gasteiger partial charge in [0.2, 0.25) is 0 Å². The van der Waals surface area contributed by atoms with Gasteiger partial charge >= 0.3 is 0 Å². The molecule has 0 spiro atoms. The van der Waals surface area contributed by atoms with Crippen LogP contribution in [0.15, 0.2) is 38.0 Å². The van der Waals surface area contributed by atoms with E-state index in [1.54, 1.807) is 6.08 Å². The molecule has 0 aromatic heterocycles. The normalized spacial score (nSPS) is 21.1. The van der Waals surface area contributed by atoms with Crippen molar-refractivity contribution in [2.24, 2.45) is 172 Å². The third-order valence-corrected chi connectivity index (χ3v) is 22.6. The van der Waals surface area contributed by atoms with E-state index >= 15 is 0 Å². The Balaban J connectivity index is -0.00000372. The van der Waals surface area contributed by atoms with Crippen molar-refractivity contribution in [2.75, 3.05) is 0 Å². The van der Waals surface area contributed by atoms with Gasteiger partial charge in [0.1, 0.15) is 0 Å². The van der Waals surface area contributed by atoms with E-state index in [9.17, 15) is 0 Å². The zero-order valence-corrected chi connectivity index (χ0v) is 57.5. The second kappa shape index (κ2) is 39.6. The first-order valence-corrected chi connectivity index (χ1v) is 32.9. The van der Waals surface area contributed by atoms with Crippen LogP contribution in [-0.2, 0) is 0 Å². The summed E-state index contributed by atoms with van der Waals surface area (Å²) < 4.78 is 0. The van der Waals surface area contributed by atoms with Crippen molar-refractivity contribution >= 4 is 0 Å². The van der Waals surface area contributed by atoms with Crippen molar-refractivity contribution in [3.8, 4) is 0 Å². The SMILES string of the molecule is C=CC.C=CC(C)C(C)C(C)C.C=CC(CC(C(C)C)C(C)CC)C(C(C)C(C)C(C)C)C(C)C(CCC)C(CC)C(C(C)C(C)C)C(CCC(C)C(C)C)C(C(C)C)C(C(C)C)C(C)C(C)C(C)C(C)C(C)C. The topological polar surface area (TPSA) is 0 Å². The predicted octanol–water partition coefficient (Wildman–Crippen LogP) is 24.8. The molecule has 0 amide bonds. The second-order valence-corrected chi connectivity index (χ2v) is 29.4. The zero-order valence-electron chi connectivity index (χ0n) is 57.5. The highest BCUT2D eigenvalue weighted by Crippen LogP contribution is 2.55. The molecule has 0 fully saturated rings. The van der Waals surface area contributed by atoms with Crippen LogP contribution in [0.25, 0.3) is 0 Å². The molecular weight excluding hydrogens is 889 g/mol. The van der Waals surface area contributed by atoms with Gasteiger partial charge in [-0.25, -0.2) is 0 Å². The fourth-order valence-electron chi connectivity index (χ4n) is 15.1. The lowest BCUT2D eigenvalue weighted by atomic mass is 9.52. The maximum Gasteiger partial charge on any atom is -0.0200 e. The van der Waals surface area contributed by atoms with Crippen LogP contribution in [0.1, 0.15) is 267 Å². The van der Waals surface area contributed by atoms with Gasteiger partial charge in [0.05, 0.1) is 0 Å². The summed E-state index contributed by atoms with van der Waals surface area (Å²) in [6, 6.07) is 0. The molecule has 0 N–H and O–H groups in total. The average molecular weight is 1040 g/mol. The first-order chi connectivity index (χ1) is 34.1. The summed E-state index contributed by atoms with van der Waals surface area (Å²) in [5, 5.41) is 0. The maximum atomic E-state index is 4.73. The molecule has 444 valence electrons. The molecule has 0 heterocycles. The van der Waals surface area contributed by atoms with Crippen LogP contribution >= 0.6 is 0 Å². The van der Waals surface area contributed by atoms with E-state index in [1.165, 1.54) is 44.9 Å². The number of hydrogen-bond donors (Lipinski definition) is 0. The Labute approximate surface area is 473 Å². The van der Waals surface area contributed by atoms with Crippen LogP contribution in [0, 0.1) is 172 Å². The monoisotopic (exact) mass is 1040 g/mol. The molecule has 0 radical (unpaired) electrons. The van der Waals surface area contributed by atoms with E-state index in [0.717, 1.165) is 59.2 Å². The fraction of sp³-hybridized carbons (Fsp3) is 0.919. The number of rotatable bonds is 36. The minimum atomic E-state index is 0.550. The maximum absolute atomic E-state index is 4.73. The van der Waals surface area contributed by atoms with Gasteiger partial charge in [-0.05, 0) is 191 Å². The second-order valence-electron chi connectivity index (χ2n) is 29.4. The summed E-state index contributed by atoms with van der Waals surface area (Å²) in [4.78, 5) is 0. The Kier molecular flexibility index (Phi) is 41.4. The highest BCUT2D eigenvalue weighted by molar-refractivity contribution is 4.99. The van der Waals surface area contributed by atoms with E-state index in [0.29, 0.717) is 112 Å². The summed E-state index contributed by atoms with van der Waals surface area (Å²) in [6.45, 7) is 92.3. The molecule has 0 nitrogen and oxygen atoms in total. The number of hydrogen-bond acceptors (Lipinski definition) is 0. The molecular formula is C74H148. The molecule has 0 heteroatoms. The van der Waals surface area contributed by atoms with Crippen LogP contribution in [0.2, 0.25) is 0 Å². The molecule has 21 atom stereocenters. The highest BCUT2D eigenvalue weighted by Gasteiger charge is 2.49. The standard InChI is InChI=1S/C62H124.C9H18.C3H6/c1-29-33-56(53(28)61(51(26)47(22)39(9)10)54(31-3)36-58(41(13)14)44(19)30-2)55(32-4)62(48(23)40(11)12)57(35-34-45(20)37(5)6)60(43(17)18)59(42(15)16)52(27)50(25)49(24)46(21)38(7)8;1-6-8(4)9(5)7(2)3;1-3-2/h31,37-62H,3,29-30,32-36H2,1-2,4-28H3;6-9H,1H2,2-5H3;3H,1H2,2H3. The Morgan fingerprint density at radius 3 is 1.04 bits per heavy atom. The van der Waals surface area contributed by atoms with Gasteiger partial charge in [-0.2, -0.15) is 0 Å². The van der Waals surface area contributed by atoms with Crippen molar-refractivity contribution < 1.29 is 0 Å². The van der Waals surface area contributed by atoms with E-state index in [1.807, 2.05) is 13.0 Å². The van der Waals surface area contributed by atoms with Crippen LogP contribution < -0.4 is 0 Å². The Morgan fingerprint density at radius 1 is 0.297 bits per heavy atom. The van der Waals surface area contributed by atoms with Crippen LogP contribution in [-0.4, -0.2) is 0 Å². The molecule has 21 unspecified atom stereocenters. The summed E-state index contributed by atoms with van der Waals surface area (Å²) in [7, 11) is 0. The van der Waals surface area contributed by atoms with Gasteiger partial charge in [-0.1, -0.05) is 265 Å². The lowest BCUT2D eigenvalue weighted by Crippen LogP contribution is -2.47. The van der Waals surface area contributed by atoms with Gasteiger partial charge in [-0.15, -0.1) is 19.7 Å². The first kappa shape index (κ1) is 77.5. The quantitative estimate of drug-likeness (QED) is 0.0549. The molecule has 0 saturated carbocycles. The molecule has 0 aliphatic rings. The Morgan fingerprint density at radius 2 is 0.716 bits per heavy atom. The first-order valence-electron chi connectivity index (χ1n) is 32.9. The average Bonchev–Trinajstić information content (AvgIpc) is 3.33. The Bertz CT molecular complexity index is 1360. The molecule has 0 rings (SSSR count). The van der Waals surface area contributed by atoms with E-state index in [2.05, 4.69) is 234 Å². The summed E-state index contributed by atoms with van der Waals surface area (Å²) in [5.74, 6) is 20.3. The largest absolute Gasteiger partial charge is 0.103 e. The van der Waals surface area contributed by atoms with E-state index in [-0.39, 0.29) is 0 Å². The molecule has 0 aromatic rings. The molecule has 0 aliphatic heterocycles. The molecule has 74 heavy (non-hydrogen) atoms. The Hall–Kier alpha value is -0.780. The van der Waals surface area contributed by atoms with Crippen molar-refractivity contribution in [1.29, 1.82) is 0 Å². The summed E-state index contributed by atoms with van der Waals surface area (Å²) in [6.07, 6.45) is 15.5. The van der Waals surface area contributed by atoms with Crippen molar-refractivity contribution in [2.45, 2.75) is 267 Å². The van der Waals surface area contributed by atoms with Crippen LogP contribution in [0.5, 0.6) is 0 Å². The molecule has 0 aromatic carbocycles. The van der Waals surface area contributed by atoms with E-state index in [4.69, 9.17) is 6.58 Å². The minimum Gasteiger partial charge on any atom is -0.103 e. The third kappa shape index (κ3) is 24.7. The summed E-state index contributed by atoms with van der Waals surface area (Å²) in [5.41, 5.74) is 0. The molecule has 0 saturated heterocycles. The van der Waals surface area contributed by atoms with Crippen molar-refractivity contribution in [3.05, 3.63) is 38.0 Å². The summed E-state index contributed by atoms with van der Waals surface area (Å²) >= 11 is 0. The van der Waals surface area contributed by atoms with Crippen LogP contribution in [0.4, 0.5) is 0 Å². The highest BCUT2D eigenvalue weighted by atomic mass is 14.5. The smallest absolute Gasteiger partial charge is 0.0200 e. The van der Waals surface area contributed by atoms with E-state index < -0.39 is 0 Å². The molecule has 0 bridgehead atoms. The van der Waals surface area contributed by atoms with Gasteiger partial charge < -0.3 is 0 Å². The van der Waals surface area contributed by atoms with Crippen molar-refractivity contribution in [3.63, 3.8) is 0 Å². The predicted molar refractivity (Wildman–Crippen MR) is 346 cm³/mol. The van der Waals surface area contributed by atoms with Gasteiger partial charge in [0.15, 0.2) is 0 Å². The van der Waals surface area contributed by atoms with Gasteiger partial charge in [0.25, 0.3) is 0 Å². The fourth-order valence-corrected chi connectivity index (χ4v) is 15.1. The lowest BCUT2D eigenvalue weighted by molar-refractivity contribution is -0.0490. The van der Waals surface area contributed by atoms with Crippen LogP contribution in [0.3, 0.4) is 0 Å². The molecule has 0 aliphatic carbocycles. The zero-order chi connectivity index (χ0) is 58.8. The van der Waals surface area contributed by atoms with Crippen molar-refractivity contribution in [1.82, 2.24) is 0 Å². The van der Waals surface area contributed by atoms with Gasteiger partial charge in [-0.3, -0.25) is 0 Å². The lowest BCUT2D eigenvalue weighted by Gasteiger charge is -2.53.